The van der Waals surface area contributed by atoms with Gasteiger partial charge in [0.1, 0.15) is 5.75 Å². The summed E-state index contributed by atoms with van der Waals surface area (Å²) in [6, 6.07) is 9.79. The fraction of sp³-hybridized carbons (Fsp3) is 0.667. The smallest absolute Gasteiger partial charge is 0.119 e. The Morgan fingerprint density at radius 2 is 1.55 bits per heavy atom. The van der Waals surface area contributed by atoms with Crippen LogP contribution in [-0.2, 0) is 0 Å². The third kappa shape index (κ3) is 8.98. The highest BCUT2D eigenvalue weighted by Crippen LogP contribution is 2.12. The minimum atomic E-state index is -0.214. The first-order valence-corrected chi connectivity index (χ1v) is 8.19. The van der Waals surface area contributed by atoms with E-state index < -0.39 is 0 Å². The van der Waals surface area contributed by atoms with Crippen LogP contribution in [-0.4, -0.2) is 17.8 Å². The molecule has 1 aromatic carbocycles. The van der Waals surface area contributed by atoms with Gasteiger partial charge in [0.15, 0.2) is 0 Å². The topological polar surface area (TPSA) is 29.5 Å². The molecule has 1 rings (SSSR count). The zero-order chi connectivity index (χ0) is 14.5. The summed E-state index contributed by atoms with van der Waals surface area (Å²) in [5.41, 5.74) is 0. The molecular formula is C18H30O2. The van der Waals surface area contributed by atoms with Crippen LogP contribution in [0.1, 0.15) is 64.7 Å². The van der Waals surface area contributed by atoms with Crippen molar-refractivity contribution in [2.75, 3.05) is 6.61 Å². The average Bonchev–Trinajstić information content (AvgIpc) is 2.47. The molecule has 0 heterocycles. The maximum atomic E-state index is 9.89. The van der Waals surface area contributed by atoms with Gasteiger partial charge in [-0.15, -0.1) is 0 Å². The van der Waals surface area contributed by atoms with Gasteiger partial charge in [-0.1, -0.05) is 70.1 Å². The van der Waals surface area contributed by atoms with E-state index in [0.717, 1.165) is 25.0 Å². The summed E-state index contributed by atoms with van der Waals surface area (Å²) < 4.78 is 5.59. The predicted octanol–water partition coefficient (Wildman–Crippen LogP) is 4.96. The molecular weight excluding hydrogens is 248 g/mol. The Labute approximate surface area is 124 Å². The Bertz CT molecular complexity index is 310. The molecule has 0 fully saturated rings. The van der Waals surface area contributed by atoms with Crippen molar-refractivity contribution in [1.82, 2.24) is 0 Å². The second-order valence-electron chi connectivity index (χ2n) is 5.51. The quantitative estimate of drug-likeness (QED) is 0.548. The third-order valence-electron chi connectivity index (χ3n) is 3.60. The number of rotatable bonds is 12. The summed E-state index contributed by atoms with van der Waals surface area (Å²) in [5, 5.41) is 9.89. The number of unbranched alkanes of at least 4 members (excludes halogenated alkanes) is 6. The SMILES string of the molecule is CCCCCCCCCC(O)CCOc1ccccc1. The highest BCUT2D eigenvalue weighted by atomic mass is 16.5. The van der Waals surface area contributed by atoms with Crippen LogP contribution in [0.25, 0.3) is 0 Å². The van der Waals surface area contributed by atoms with Gasteiger partial charge in [-0.2, -0.15) is 0 Å². The highest BCUT2D eigenvalue weighted by molar-refractivity contribution is 5.20. The highest BCUT2D eigenvalue weighted by Gasteiger charge is 2.04. The molecule has 0 aromatic heterocycles. The minimum Gasteiger partial charge on any atom is -0.493 e. The van der Waals surface area contributed by atoms with E-state index in [1.54, 1.807) is 0 Å². The molecule has 114 valence electrons. The molecule has 1 aromatic rings. The molecule has 1 unspecified atom stereocenters. The number of benzene rings is 1. The lowest BCUT2D eigenvalue weighted by atomic mass is 10.1. The molecule has 1 N–H and O–H groups in total. The van der Waals surface area contributed by atoms with Crippen LogP contribution in [0.5, 0.6) is 5.75 Å². The molecule has 0 amide bonds. The molecule has 2 heteroatoms. The molecule has 2 nitrogen and oxygen atoms in total. The summed E-state index contributed by atoms with van der Waals surface area (Å²) in [5.74, 6) is 0.885. The van der Waals surface area contributed by atoms with Crippen LogP contribution in [0.15, 0.2) is 30.3 Å². The first-order chi connectivity index (χ1) is 9.83. The van der Waals surface area contributed by atoms with Crippen LogP contribution >= 0.6 is 0 Å². The number of aliphatic hydroxyl groups is 1. The normalized spacial score (nSPS) is 12.3. The van der Waals surface area contributed by atoms with Crippen LogP contribution in [0, 0.1) is 0 Å². The Morgan fingerprint density at radius 3 is 2.25 bits per heavy atom. The van der Waals surface area contributed by atoms with Gasteiger partial charge in [0.05, 0.1) is 12.7 Å². The van der Waals surface area contributed by atoms with Crippen molar-refractivity contribution >= 4 is 0 Å². The lowest BCUT2D eigenvalue weighted by Gasteiger charge is -2.11. The number of hydrogen-bond acceptors (Lipinski definition) is 2. The van der Waals surface area contributed by atoms with E-state index in [1.807, 2.05) is 30.3 Å². The summed E-state index contributed by atoms with van der Waals surface area (Å²) in [6.45, 7) is 2.84. The molecule has 0 radical (unpaired) electrons. The van der Waals surface area contributed by atoms with E-state index in [4.69, 9.17) is 4.74 Å². The Morgan fingerprint density at radius 1 is 0.900 bits per heavy atom. The summed E-state index contributed by atoms with van der Waals surface area (Å²) in [7, 11) is 0. The molecule has 0 saturated carbocycles. The van der Waals surface area contributed by atoms with E-state index in [0.29, 0.717) is 6.61 Å². The van der Waals surface area contributed by atoms with Gasteiger partial charge >= 0.3 is 0 Å². The van der Waals surface area contributed by atoms with Gasteiger partial charge in [0.2, 0.25) is 0 Å². The fourth-order valence-electron chi connectivity index (χ4n) is 2.31. The lowest BCUT2D eigenvalue weighted by Crippen LogP contribution is -2.11. The lowest BCUT2D eigenvalue weighted by molar-refractivity contribution is 0.128. The van der Waals surface area contributed by atoms with Crippen LogP contribution in [0.3, 0.4) is 0 Å². The minimum absolute atomic E-state index is 0.214. The largest absolute Gasteiger partial charge is 0.493 e. The standard InChI is InChI=1S/C18H30O2/c1-2-3-4-5-6-7-9-12-17(19)15-16-20-18-13-10-8-11-14-18/h8,10-11,13-14,17,19H,2-7,9,12,15-16H2,1H3. The molecule has 0 saturated heterocycles. The van der Waals surface area contributed by atoms with Gasteiger partial charge in [-0.25, -0.2) is 0 Å². The molecule has 0 aliphatic heterocycles. The van der Waals surface area contributed by atoms with Gasteiger partial charge in [0.25, 0.3) is 0 Å². The summed E-state index contributed by atoms with van der Waals surface area (Å²) in [4.78, 5) is 0. The van der Waals surface area contributed by atoms with Crippen molar-refractivity contribution in [3.63, 3.8) is 0 Å². The van der Waals surface area contributed by atoms with Crippen LogP contribution in [0.2, 0.25) is 0 Å². The average molecular weight is 278 g/mol. The number of hydrogen-bond donors (Lipinski definition) is 1. The third-order valence-corrected chi connectivity index (χ3v) is 3.60. The molecule has 0 spiro atoms. The van der Waals surface area contributed by atoms with E-state index in [2.05, 4.69) is 6.92 Å². The molecule has 1 atom stereocenters. The van der Waals surface area contributed by atoms with Gasteiger partial charge in [0, 0.05) is 6.42 Å². The maximum absolute atomic E-state index is 9.89. The van der Waals surface area contributed by atoms with E-state index >= 15 is 0 Å². The van der Waals surface area contributed by atoms with Crippen molar-refractivity contribution in [3.8, 4) is 5.75 Å². The van der Waals surface area contributed by atoms with Crippen molar-refractivity contribution in [2.24, 2.45) is 0 Å². The second kappa shape index (κ2) is 11.8. The second-order valence-corrected chi connectivity index (χ2v) is 5.51. The molecule has 0 aliphatic rings. The monoisotopic (exact) mass is 278 g/mol. The van der Waals surface area contributed by atoms with Gasteiger partial charge in [-0.3, -0.25) is 0 Å². The number of ether oxygens (including phenoxy) is 1. The fourth-order valence-corrected chi connectivity index (χ4v) is 2.31. The van der Waals surface area contributed by atoms with Gasteiger partial charge < -0.3 is 9.84 Å². The molecule has 0 aliphatic carbocycles. The van der Waals surface area contributed by atoms with E-state index in [9.17, 15) is 5.11 Å². The molecule has 20 heavy (non-hydrogen) atoms. The Balaban J connectivity index is 1.91. The molecule has 0 bridgehead atoms. The van der Waals surface area contributed by atoms with Crippen LogP contribution < -0.4 is 4.74 Å². The van der Waals surface area contributed by atoms with E-state index in [1.165, 1.54) is 38.5 Å². The number of aliphatic hydroxyl groups excluding tert-OH is 1. The van der Waals surface area contributed by atoms with Crippen molar-refractivity contribution in [2.45, 2.75) is 70.8 Å². The zero-order valence-electron chi connectivity index (χ0n) is 12.9. The predicted molar refractivity (Wildman–Crippen MR) is 85.2 cm³/mol. The first kappa shape index (κ1) is 17.0. The van der Waals surface area contributed by atoms with Gasteiger partial charge in [-0.05, 0) is 18.6 Å². The van der Waals surface area contributed by atoms with Crippen molar-refractivity contribution < 1.29 is 9.84 Å². The van der Waals surface area contributed by atoms with Crippen LogP contribution in [0.4, 0.5) is 0 Å². The number of para-hydroxylation sites is 1. The zero-order valence-corrected chi connectivity index (χ0v) is 12.9. The maximum Gasteiger partial charge on any atom is 0.119 e. The summed E-state index contributed by atoms with van der Waals surface area (Å²) >= 11 is 0. The summed E-state index contributed by atoms with van der Waals surface area (Å²) in [6.07, 6.45) is 10.5. The van der Waals surface area contributed by atoms with Crippen molar-refractivity contribution in [3.05, 3.63) is 30.3 Å². The van der Waals surface area contributed by atoms with Crippen molar-refractivity contribution in [1.29, 1.82) is 0 Å². The Kier molecular flexibility index (Phi) is 10.0. The Hall–Kier alpha value is -1.02. The first-order valence-electron chi connectivity index (χ1n) is 8.19. The van der Waals surface area contributed by atoms with E-state index in [-0.39, 0.29) is 6.10 Å².